The summed E-state index contributed by atoms with van der Waals surface area (Å²) in [4.78, 5) is 57.3. The van der Waals surface area contributed by atoms with E-state index >= 15 is 0 Å². The number of ether oxygens (including phenoxy) is 2. The Morgan fingerprint density at radius 2 is 1.80 bits per heavy atom. The molecule has 3 heterocycles. The lowest BCUT2D eigenvalue weighted by atomic mass is 9.68. The highest BCUT2D eigenvalue weighted by atomic mass is 32.2. The number of thiazole rings is 1. The number of hydrogen-bond donors (Lipinski definition) is 1. The van der Waals surface area contributed by atoms with Gasteiger partial charge in [0.2, 0.25) is 11.8 Å². The molecule has 10 heteroatoms. The molecular formula is C30H28N2O6S2. The molecule has 4 unspecified atom stereocenters. The Labute approximate surface area is 239 Å². The number of imide groups is 1. The fourth-order valence-corrected chi connectivity index (χ4v) is 10.4. The summed E-state index contributed by atoms with van der Waals surface area (Å²) in [6.07, 6.45) is 0.825. The second kappa shape index (κ2) is 9.62. The van der Waals surface area contributed by atoms with E-state index in [-0.39, 0.29) is 70.7 Å². The predicted molar refractivity (Wildman–Crippen MR) is 151 cm³/mol. The third kappa shape index (κ3) is 3.87. The molecule has 40 heavy (non-hydrogen) atoms. The van der Waals surface area contributed by atoms with Gasteiger partial charge >= 0.3 is 10.8 Å². The minimum absolute atomic E-state index is 0.0267. The van der Waals surface area contributed by atoms with Crippen LogP contribution in [0.15, 0.2) is 58.4 Å². The van der Waals surface area contributed by atoms with E-state index in [1.54, 1.807) is 24.8 Å². The van der Waals surface area contributed by atoms with Crippen LogP contribution in [0, 0.1) is 36.5 Å². The number of aryl methyl sites for hydroxylation is 1. The standard InChI is InChI=1S/C30H28N2O6S2/c1-3-37-20(33)13-38-17-6-4-5-15(11-17)21-22-18-12-19(25(22)39-27-26(21)40-30(36)31-27)24-23(18)28(34)32(29(24)35)16-9-7-14(2)8-10-16/h4-11,18-19,21-25H,3,12-13H2,1-2H3,(H,31,36)/t18-,19-,21-,22?,23?,24?,25?/m1/s1. The van der Waals surface area contributed by atoms with Crippen LogP contribution in [-0.4, -0.2) is 41.2 Å². The highest BCUT2D eigenvalue weighted by Gasteiger charge is 2.69. The highest BCUT2D eigenvalue weighted by molar-refractivity contribution is 8.00. The summed E-state index contributed by atoms with van der Waals surface area (Å²) in [5.74, 6) is -0.734. The zero-order valence-corrected chi connectivity index (χ0v) is 23.6. The lowest BCUT2D eigenvalue weighted by Gasteiger charge is -2.43. The molecule has 7 atom stereocenters. The number of nitrogens with zero attached hydrogens (tertiary/aromatic N) is 1. The molecule has 1 saturated heterocycles. The van der Waals surface area contributed by atoms with Gasteiger partial charge in [0, 0.05) is 16.0 Å². The Kier molecular flexibility index (Phi) is 6.16. The van der Waals surface area contributed by atoms with Gasteiger partial charge in [-0.05, 0) is 67.9 Å². The van der Waals surface area contributed by atoms with Crippen molar-refractivity contribution in [3.05, 3.63) is 74.2 Å². The molecule has 2 saturated carbocycles. The Hall–Kier alpha value is -3.37. The smallest absolute Gasteiger partial charge is 0.344 e. The van der Waals surface area contributed by atoms with Gasteiger partial charge in [0.05, 0.1) is 29.2 Å². The number of nitrogens with one attached hydrogen (secondary N) is 1. The van der Waals surface area contributed by atoms with Gasteiger partial charge in [-0.25, -0.2) is 4.79 Å². The van der Waals surface area contributed by atoms with Gasteiger partial charge in [-0.15, -0.1) is 11.8 Å². The summed E-state index contributed by atoms with van der Waals surface area (Å²) in [6.45, 7) is 3.83. The number of anilines is 1. The van der Waals surface area contributed by atoms with Crippen molar-refractivity contribution in [2.75, 3.05) is 18.1 Å². The van der Waals surface area contributed by atoms with Crippen molar-refractivity contribution >= 4 is 46.6 Å². The molecule has 3 aromatic rings. The van der Waals surface area contributed by atoms with Gasteiger partial charge in [-0.1, -0.05) is 41.2 Å². The average molecular weight is 577 g/mol. The first-order chi connectivity index (χ1) is 19.4. The Balaban J connectivity index is 1.25. The van der Waals surface area contributed by atoms with Gasteiger partial charge in [-0.2, -0.15) is 0 Å². The van der Waals surface area contributed by atoms with Crippen molar-refractivity contribution in [3.8, 4) is 5.75 Å². The number of thioether (sulfide) groups is 1. The summed E-state index contributed by atoms with van der Waals surface area (Å²) in [5, 5.41) is 0.961. The predicted octanol–water partition coefficient (Wildman–Crippen LogP) is 4.36. The van der Waals surface area contributed by atoms with Gasteiger partial charge in [0.25, 0.3) is 0 Å². The Bertz CT molecular complexity index is 1580. The van der Waals surface area contributed by atoms with Gasteiger partial charge < -0.3 is 14.5 Å². The second-order valence-electron chi connectivity index (χ2n) is 11.0. The van der Waals surface area contributed by atoms with E-state index in [9.17, 15) is 19.2 Å². The van der Waals surface area contributed by atoms with Crippen LogP contribution < -0.4 is 14.5 Å². The van der Waals surface area contributed by atoms with E-state index in [0.717, 1.165) is 27.5 Å². The summed E-state index contributed by atoms with van der Waals surface area (Å²) >= 11 is 2.88. The van der Waals surface area contributed by atoms with Crippen LogP contribution in [0.1, 0.15) is 35.3 Å². The SMILES string of the molecule is CCOC(=O)COc1cccc([C@H]2c3sc(=O)[nH]c3SC3C2[C@H]2C[C@@H]3C3C(=O)N(c4ccc(C)cc4)C(=O)C32)c1. The minimum atomic E-state index is -0.435. The molecule has 4 aliphatic rings. The Morgan fingerprint density at radius 1 is 1.05 bits per heavy atom. The number of aromatic amines is 1. The number of rotatable bonds is 6. The number of aromatic nitrogens is 1. The van der Waals surface area contributed by atoms with E-state index in [4.69, 9.17) is 9.47 Å². The number of hydrogen-bond acceptors (Lipinski definition) is 8. The van der Waals surface area contributed by atoms with Gasteiger partial charge in [-0.3, -0.25) is 19.3 Å². The Morgan fingerprint density at radius 3 is 2.55 bits per heavy atom. The summed E-state index contributed by atoms with van der Waals surface area (Å²) in [6, 6.07) is 15.2. The van der Waals surface area contributed by atoms with Crippen LogP contribution in [-0.2, 0) is 19.1 Å². The van der Waals surface area contributed by atoms with Crippen LogP contribution in [0.4, 0.5) is 5.69 Å². The molecule has 2 aliphatic carbocycles. The maximum Gasteiger partial charge on any atom is 0.344 e. The maximum absolute atomic E-state index is 13.9. The average Bonchev–Trinajstić information content (AvgIpc) is 3.67. The van der Waals surface area contributed by atoms with Crippen LogP contribution >= 0.6 is 23.1 Å². The molecule has 2 aliphatic heterocycles. The lowest BCUT2D eigenvalue weighted by Crippen LogP contribution is -2.42. The first kappa shape index (κ1) is 25.6. The molecule has 0 radical (unpaired) electrons. The maximum atomic E-state index is 13.9. The fraction of sp³-hybridized carbons (Fsp3) is 0.400. The molecule has 2 bridgehead atoms. The van der Waals surface area contributed by atoms with Crippen LogP contribution in [0.3, 0.4) is 0 Å². The summed E-state index contributed by atoms with van der Waals surface area (Å²) in [5.41, 5.74) is 2.68. The number of amides is 2. The highest BCUT2D eigenvalue weighted by Crippen LogP contribution is 2.68. The van der Waals surface area contributed by atoms with Gasteiger partial charge in [0.15, 0.2) is 6.61 Å². The number of carbonyl (C=O) groups excluding carboxylic acids is 3. The third-order valence-electron chi connectivity index (χ3n) is 8.90. The van der Waals surface area contributed by atoms with Crippen molar-refractivity contribution in [1.29, 1.82) is 0 Å². The molecule has 1 aromatic heterocycles. The minimum Gasteiger partial charge on any atom is -0.482 e. The van der Waals surface area contributed by atoms with Crippen molar-refractivity contribution in [1.82, 2.24) is 4.98 Å². The third-order valence-corrected chi connectivity index (χ3v) is 11.5. The number of carbonyl (C=O) groups is 3. The quantitative estimate of drug-likeness (QED) is 0.343. The number of H-pyrrole nitrogens is 1. The normalized spacial score (nSPS) is 29.8. The first-order valence-electron chi connectivity index (χ1n) is 13.6. The van der Waals surface area contributed by atoms with Crippen molar-refractivity contribution in [3.63, 3.8) is 0 Å². The molecule has 3 fully saturated rings. The molecule has 2 amide bonds. The van der Waals surface area contributed by atoms with E-state index < -0.39 is 5.97 Å². The molecule has 1 N–H and O–H groups in total. The van der Waals surface area contributed by atoms with E-state index in [1.807, 2.05) is 49.4 Å². The zero-order valence-electron chi connectivity index (χ0n) is 22.0. The molecule has 2 aromatic carbocycles. The van der Waals surface area contributed by atoms with E-state index in [2.05, 4.69) is 4.98 Å². The van der Waals surface area contributed by atoms with Crippen LogP contribution in [0.5, 0.6) is 5.75 Å². The van der Waals surface area contributed by atoms with Gasteiger partial charge in [0.1, 0.15) is 5.75 Å². The van der Waals surface area contributed by atoms with Crippen molar-refractivity contribution in [2.45, 2.75) is 36.5 Å². The largest absolute Gasteiger partial charge is 0.482 e. The van der Waals surface area contributed by atoms with Crippen molar-refractivity contribution < 1.29 is 23.9 Å². The summed E-state index contributed by atoms with van der Waals surface area (Å²) in [7, 11) is 0. The summed E-state index contributed by atoms with van der Waals surface area (Å²) < 4.78 is 10.7. The molecule has 206 valence electrons. The monoisotopic (exact) mass is 576 g/mol. The zero-order chi connectivity index (χ0) is 27.7. The number of fused-ring (bicyclic) bond motifs is 9. The number of esters is 1. The van der Waals surface area contributed by atoms with Crippen LogP contribution in [0.25, 0.3) is 0 Å². The van der Waals surface area contributed by atoms with E-state index in [0.29, 0.717) is 11.4 Å². The molecular weight excluding hydrogens is 548 g/mol. The lowest BCUT2D eigenvalue weighted by molar-refractivity contribution is -0.145. The second-order valence-corrected chi connectivity index (χ2v) is 13.2. The first-order valence-corrected chi connectivity index (χ1v) is 15.3. The fourth-order valence-electron chi connectivity index (χ4n) is 7.48. The van der Waals surface area contributed by atoms with E-state index in [1.165, 1.54) is 16.2 Å². The topological polar surface area (TPSA) is 106 Å². The van der Waals surface area contributed by atoms with Crippen molar-refractivity contribution in [2.24, 2.45) is 29.6 Å². The molecule has 7 rings (SSSR count). The number of benzene rings is 2. The molecule has 8 nitrogen and oxygen atoms in total. The molecule has 0 spiro atoms. The van der Waals surface area contributed by atoms with Crippen LogP contribution in [0.2, 0.25) is 0 Å².